The lowest BCUT2D eigenvalue weighted by molar-refractivity contribution is -0.120. The van der Waals surface area contributed by atoms with E-state index in [-0.39, 0.29) is 11.6 Å². The maximum absolute atomic E-state index is 13.7. The van der Waals surface area contributed by atoms with Gasteiger partial charge in [-0.3, -0.25) is 9.59 Å². The summed E-state index contributed by atoms with van der Waals surface area (Å²) in [6, 6.07) is 21.9. The first kappa shape index (κ1) is 23.1. The summed E-state index contributed by atoms with van der Waals surface area (Å²) in [5.41, 5.74) is 3.12. The van der Waals surface area contributed by atoms with Gasteiger partial charge < -0.3 is 14.8 Å². The van der Waals surface area contributed by atoms with Crippen molar-refractivity contribution in [1.29, 1.82) is 0 Å². The third-order valence-electron chi connectivity index (χ3n) is 5.53. The Morgan fingerprint density at radius 3 is 2.24 bits per heavy atom. The molecule has 0 spiro atoms. The van der Waals surface area contributed by atoms with E-state index in [9.17, 15) is 9.59 Å². The summed E-state index contributed by atoms with van der Waals surface area (Å²) in [5, 5.41) is 3.17. The molecule has 3 aromatic rings. The van der Waals surface area contributed by atoms with Gasteiger partial charge in [0, 0.05) is 0 Å². The van der Waals surface area contributed by atoms with Crippen molar-refractivity contribution in [3.05, 3.63) is 89.6 Å². The smallest absolute Gasteiger partial charge is 0.282 e. The second-order valence-corrected chi connectivity index (χ2v) is 8.54. The molecule has 6 heteroatoms. The molecule has 3 aromatic carbocycles. The van der Waals surface area contributed by atoms with Crippen LogP contribution in [0.15, 0.2) is 78.5 Å². The molecule has 0 saturated carbocycles. The van der Waals surface area contributed by atoms with Gasteiger partial charge in [0.1, 0.15) is 17.2 Å². The quantitative estimate of drug-likeness (QED) is 0.458. The minimum absolute atomic E-state index is 0.202. The molecule has 0 bridgehead atoms. The van der Waals surface area contributed by atoms with Crippen molar-refractivity contribution in [3.63, 3.8) is 0 Å². The van der Waals surface area contributed by atoms with Crippen LogP contribution in [0, 0.1) is 12.8 Å². The van der Waals surface area contributed by atoms with Crippen molar-refractivity contribution in [2.24, 2.45) is 5.92 Å². The fourth-order valence-electron chi connectivity index (χ4n) is 3.81. The molecule has 0 saturated heterocycles. The summed E-state index contributed by atoms with van der Waals surface area (Å²) >= 11 is 0. The fraction of sp³-hybridized carbons (Fsp3) is 0.214. The molecule has 1 N–H and O–H groups in total. The fourth-order valence-corrected chi connectivity index (χ4v) is 3.81. The average Bonchev–Trinajstić information content (AvgIpc) is 3.08. The van der Waals surface area contributed by atoms with Crippen LogP contribution in [0.2, 0.25) is 0 Å². The van der Waals surface area contributed by atoms with E-state index in [0.29, 0.717) is 46.5 Å². The molecule has 0 radical (unpaired) electrons. The van der Waals surface area contributed by atoms with Gasteiger partial charge in [-0.2, -0.15) is 0 Å². The third-order valence-corrected chi connectivity index (χ3v) is 5.53. The number of hydrogen-bond acceptors (Lipinski definition) is 5. The first-order chi connectivity index (χ1) is 16.4. The Balaban J connectivity index is 1.78. The van der Waals surface area contributed by atoms with Crippen LogP contribution in [0.3, 0.4) is 0 Å². The second-order valence-electron chi connectivity index (χ2n) is 8.54. The van der Waals surface area contributed by atoms with Crippen molar-refractivity contribution >= 4 is 28.8 Å². The number of imide groups is 1. The van der Waals surface area contributed by atoms with E-state index in [1.165, 1.54) is 4.90 Å². The van der Waals surface area contributed by atoms with E-state index in [0.717, 1.165) is 5.56 Å². The maximum atomic E-state index is 13.7. The number of carbonyl (C=O) groups excluding carboxylic acids is 2. The maximum Gasteiger partial charge on any atom is 0.282 e. The van der Waals surface area contributed by atoms with Gasteiger partial charge in [0.2, 0.25) is 0 Å². The zero-order valence-corrected chi connectivity index (χ0v) is 19.8. The van der Waals surface area contributed by atoms with Crippen molar-refractivity contribution < 1.29 is 19.1 Å². The number of nitrogens with zero attached hydrogens (tertiary/aromatic N) is 1. The number of methoxy groups -OCH3 is 1. The molecule has 1 aliphatic rings. The van der Waals surface area contributed by atoms with Crippen LogP contribution in [0.1, 0.15) is 25.0 Å². The number of hydrogen-bond donors (Lipinski definition) is 1. The normalized spacial score (nSPS) is 13.6. The van der Waals surface area contributed by atoms with Crippen LogP contribution >= 0.6 is 0 Å². The summed E-state index contributed by atoms with van der Waals surface area (Å²) in [7, 11) is 1.56. The molecule has 34 heavy (non-hydrogen) atoms. The van der Waals surface area contributed by atoms with Crippen LogP contribution < -0.4 is 19.7 Å². The highest BCUT2D eigenvalue weighted by Crippen LogP contribution is 2.37. The number of ether oxygens (including phenoxy) is 2. The SMILES string of the molecule is COc1ccccc1NC1=C(c2ccc(OCC(C)C)cc2)C(=O)N(c2ccccc2C)C1=O. The van der Waals surface area contributed by atoms with Crippen LogP contribution in [0.4, 0.5) is 11.4 Å². The number of benzene rings is 3. The van der Waals surface area contributed by atoms with Gasteiger partial charge in [0.15, 0.2) is 0 Å². The van der Waals surface area contributed by atoms with E-state index >= 15 is 0 Å². The summed E-state index contributed by atoms with van der Waals surface area (Å²) < 4.78 is 11.2. The Labute approximate surface area is 199 Å². The number of rotatable bonds is 8. The molecule has 6 nitrogen and oxygen atoms in total. The van der Waals surface area contributed by atoms with Gasteiger partial charge in [-0.15, -0.1) is 0 Å². The van der Waals surface area contributed by atoms with Crippen molar-refractivity contribution in [3.8, 4) is 11.5 Å². The van der Waals surface area contributed by atoms with Gasteiger partial charge in [0.25, 0.3) is 11.8 Å². The third kappa shape index (κ3) is 4.53. The Bertz CT molecular complexity index is 1250. The van der Waals surface area contributed by atoms with Gasteiger partial charge in [-0.05, 0) is 54.3 Å². The summed E-state index contributed by atoms with van der Waals surface area (Å²) in [4.78, 5) is 28.5. The molecule has 0 aliphatic carbocycles. The molecular weight excluding hydrogens is 428 g/mol. The predicted molar refractivity (Wildman–Crippen MR) is 134 cm³/mol. The number of carbonyl (C=O) groups is 2. The minimum Gasteiger partial charge on any atom is -0.495 e. The van der Waals surface area contributed by atoms with Gasteiger partial charge in [-0.1, -0.05) is 56.3 Å². The molecule has 1 aliphatic heterocycles. The number of amides is 2. The average molecular weight is 457 g/mol. The van der Waals surface area contributed by atoms with Crippen LogP contribution in [0.5, 0.6) is 11.5 Å². The van der Waals surface area contributed by atoms with Crippen LogP contribution in [0.25, 0.3) is 5.57 Å². The number of nitrogens with one attached hydrogen (secondary N) is 1. The highest BCUT2D eigenvalue weighted by molar-refractivity contribution is 6.46. The lowest BCUT2D eigenvalue weighted by Gasteiger charge is -2.18. The molecule has 0 unspecified atom stereocenters. The Kier molecular flexibility index (Phi) is 6.68. The zero-order valence-electron chi connectivity index (χ0n) is 19.8. The standard InChI is InChI=1S/C28H28N2O4/c1-18(2)17-34-21-15-13-20(14-16-21)25-26(29-22-10-6-8-12-24(22)33-4)28(32)30(27(25)31)23-11-7-5-9-19(23)3/h5-16,18,29H,17H2,1-4H3. The number of aryl methyl sites for hydroxylation is 1. The van der Waals surface area contributed by atoms with Gasteiger partial charge in [-0.25, -0.2) is 4.90 Å². The molecular formula is C28H28N2O4. The lowest BCUT2D eigenvalue weighted by atomic mass is 10.0. The number of anilines is 2. The van der Waals surface area contributed by atoms with Crippen molar-refractivity contribution in [2.45, 2.75) is 20.8 Å². The highest BCUT2D eigenvalue weighted by Gasteiger charge is 2.41. The first-order valence-electron chi connectivity index (χ1n) is 11.2. The van der Waals surface area contributed by atoms with E-state index in [2.05, 4.69) is 19.2 Å². The first-order valence-corrected chi connectivity index (χ1v) is 11.2. The summed E-state index contributed by atoms with van der Waals surface area (Å²) in [6.45, 7) is 6.64. The Morgan fingerprint density at radius 1 is 0.882 bits per heavy atom. The van der Waals surface area contributed by atoms with Gasteiger partial charge >= 0.3 is 0 Å². The molecule has 0 atom stereocenters. The topological polar surface area (TPSA) is 67.9 Å². The molecule has 0 aromatic heterocycles. The molecule has 174 valence electrons. The Hall–Kier alpha value is -4.06. The molecule has 2 amide bonds. The molecule has 4 rings (SSSR count). The highest BCUT2D eigenvalue weighted by atomic mass is 16.5. The largest absolute Gasteiger partial charge is 0.495 e. The van der Waals surface area contributed by atoms with E-state index in [1.807, 2.05) is 49.4 Å². The minimum atomic E-state index is -0.416. The zero-order chi connectivity index (χ0) is 24.2. The second kappa shape index (κ2) is 9.83. The van der Waals surface area contributed by atoms with E-state index in [4.69, 9.17) is 9.47 Å². The van der Waals surface area contributed by atoms with Crippen LogP contribution in [-0.2, 0) is 9.59 Å². The van der Waals surface area contributed by atoms with Crippen molar-refractivity contribution in [1.82, 2.24) is 0 Å². The lowest BCUT2D eigenvalue weighted by Crippen LogP contribution is -2.33. The van der Waals surface area contributed by atoms with Crippen LogP contribution in [-0.4, -0.2) is 25.5 Å². The molecule has 1 heterocycles. The Morgan fingerprint density at radius 2 is 1.56 bits per heavy atom. The monoisotopic (exact) mass is 456 g/mol. The van der Waals surface area contributed by atoms with Gasteiger partial charge in [0.05, 0.1) is 30.7 Å². The van der Waals surface area contributed by atoms with Crippen molar-refractivity contribution in [2.75, 3.05) is 23.9 Å². The van der Waals surface area contributed by atoms with E-state index in [1.54, 1.807) is 37.4 Å². The van der Waals surface area contributed by atoms with E-state index < -0.39 is 5.91 Å². The summed E-state index contributed by atoms with van der Waals surface area (Å²) in [6.07, 6.45) is 0. The summed E-state index contributed by atoms with van der Waals surface area (Å²) in [5.74, 6) is 0.884. The molecule has 0 fully saturated rings. The predicted octanol–water partition coefficient (Wildman–Crippen LogP) is 5.44. The number of para-hydroxylation sites is 3.